The van der Waals surface area contributed by atoms with Gasteiger partial charge in [-0.25, -0.2) is 4.68 Å². The van der Waals surface area contributed by atoms with E-state index >= 15 is 0 Å². The van der Waals surface area contributed by atoms with Crippen molar-refractivity contribution in [1.82, 2.24) is 20.0 Å². The van der Waals surface area contributed by atoms with Gasteiger partial charge in [0.15, 0.2) is 0 Å². The summed E-state index contributed by atoms with van der Waals surface area (Å²) in [4.78, 5) is 2.60. The van der Waals surface area contributed by atoms with Gasteiger partial charge in [0.25, 0.3) is 0 Å². The molecule has 0 radical (unpaired) electrons. The van der Waals surface area contributed by atoms with E-state index in [-0.39, 0.29) is 12.4 Å². The van der Waals surface area contributed by atoms with Crippen LogP contribution in [0.15, 0.2) is 36.5 Å². The number of halogens is 1. The van der Waals surface area contributed by atoms with Gasteiger partial charge in [-0.1, -0.05) is 18.2 Å². The summed E-state index contributed by atoms with van der Waals surface area (Å²) in [5.74, 6) is 0. The van der Waals surface area contributed by atoms with Crippen molar-refractivity contribution in [3.05, 3.63) is 47.8 Å². The van der Waals surface area contributed by atoms with Crippen molar-refractivity contribution in [3.8, 4) is 5.69 Å². The lowest BCUT2D eigenvalue weighted by molar-refractivity contribution is 0.268. The molecule has 1 unspecified atom stereocenters. The molecule has 2 aliphatic rings. The van der Waals surface area contributed by atoms with Crippen molar-refractivity contribution in [2.75, 3.05) is 26.2 Å². The minimum absolute atomic E-state index is 0. The molecule has 0 amide bonds. The topological polar surface area (TPSA) is 33.1 Å². The monoisotopic (exact) mass is 332 g/mol. The lowest BCUT2D eigenvalue weighted by Gasteiger charge is -2.22. The molecule has 1 aromatic heterocycles. The molecule has 2 aliphatic heterocycles. The Morgan fingerprint density at radius 2 is 2.04 bits per heavy atom. The lowest BCUT2D eigenvalue weighted by Crippen LogP contribution is -2.29. The number of nitrogens with one attached hydrogen (secondary N) is 1. The molecule has 1 N–H and O–H groups in total. The number of aromatic nitrogens is 2. The van der Waals surface area contributed by atoms with Gasteiger partial charge in [0, 0.05) is 31.4 Å². The van der Waals surface area contributed by atoms with Crippen LogP contribution in [0, 0.1) is 12.3 Å². The number of benzene rings is 1. The first kappa shape index (κ1) is 16.5. The maximum Gasteiger partial charge on any atom is 0.0645 e. The van der Waals surface area contributed by atoms with Gasteiger partial charge in [-0.15, -0.1) is 12.4 Å². The number of para-hydroxylation sites is 1. The fourth-order valence-corrected chi connectivity index (χ4v) is 3.91. The van der Waals surface area contributed by atoms with Crippen molar-refractivity contribution in [2.45, 2.75) is 26.3 Å². The van der Waals surface area contributed by atoms with E-state index < -0.39 is 0 Å². The summed E-state index contributed by atoms with van der Waals surface area (Å²) in [6.45, 7) is 8.00. The molecule has 0 saturated carbocycles. The number of hydrogen-bond acceptors (Lipinski definition) is 3. The lowest BCUT2D eigenvalue weighted by atomic mass is 9.87. The van der Waals surface area contributed by atoms with E-state index in [4.69, 9.17) is 0 Å². The van der Waals surface area contributed by atoms with E-state index in [9.17, 15) is 0 Å². The molecule has 124 valence electrons. The van der Waals surface area contributed by atoms with Crippen LogP contribution >= 0.6 is 12.4 Å². The van der Waals surface area contributed by atoms with Crippen molar-refractivity contribution in [2.24, 2.45) is 5.41 Å². The third-order valence-electron chi connectivity index (χ3n) is 5.26. The minimum atomic E-state index is 0. The smallest absolute Gasteiger partial charge is 0.0645 e. The van der Waals surface area contributed by atoms with Crippen molar-refractivity contribution < 1.29 is 0 Å². The van der Waals surface area contributed by atoms with Gasteiger partial charge in [-0.3, -0.25) is 4.90 Å². The van der Waals surface area contributed by atoms with Crippen LogP contribution in [-0.2, 0) is 6.54 Å². The third-order valence-corrected chi connectivity index (χ3v) is 5.26. The molecule has 2 fully saturated rings. The molecule has 0 aliphatic carbocycles. The van der Waals surface area contributed by atoms with Crippen molar-refractivity contribution >= 4 is 12.4 Å². The Hall–Kier alpha value is -1.36. The van der Waals surface area contributed by atoms with E-state index in [1.54, 1.807) is 0 Å². The molecule has 2 aromatic rings. The standard InChI is InChI=1S/C18H24N4.ClH/c1-15-16(12-22(20-15)17-5-3-2-4-6-17)11-21-10-8-18(14-21)7-9-19-13-18;/h2-6,12,19H,7-11,13-14H2,1H3;1H. The quantitative estimate of drug-likeness (QED) is 0.938. The number of hydrogen-bond donors (Lipinski definition) is 1. The highest BCUT2D eigenvalue weighted by Crippen LogP contribution is 2.36. The maximum absolute atomic E-state index is 4.69. The minimum Gasteiger partial charge on any atom is -0.316 e. The van der Waals surface area contributed by atoms with E-state index in [2.05, 4.69) is 52.7 Å². The van der Waals surface area contributed by atoms with Crippen LogP contribution in [0.5, 0.6) is 0 Å². The highest BCUT2D eigenvalue weighted by molar-refractivity contribution is 5.85. The molecular formula is C18H25ClN4. The molecule has 1 spiro atoms. The molecule has 1 aromatic carbocycles. The fourth-order valence-electron chi connectivity index (χ4n) is 3.91. The summed E-state index contributed by atoms with van der Waals surface area (Å²) in [5.41, 5.74) is 4.18. The highest BCUT2D eigenvalue weighted by atomic mass is 35.5. The van der Waals surface area contributed by atoms with Gasteiger partial charge in [0.05, 0.1) is 11.4 Å². The van der Waals surface area contributed by atoms with Gasteiger partial charge < -0.3 is 5.32 Å². The summed E-state index contributed by atoms with van der Waals surface area (Å²) < 4.78 is 2.01. The summed E-state index contributed by atoms with van der Waals surface area (Å²) in [6, 6.07) is 10.4. The Kier molecular flexibility index (Phi) is 4.76. The number of nitrogens with zero attached hydrogens (tertiary/aromatic N) is 3. The Morgan fingerprint density at radius 3 is 2.78 bits per heavy atom. The van der Waals surface area contributed by atoms with Gasteiger partial charge in [-0.05, 0) is 50.4 Å². The number of rotatable bonds is 3. The van der Waals surface area contributed by atoms with E-state index in [0.29, 0.717) is 5.41 Å². The average Bonchev–Trinajstić information content (AvgIpc) is 3.25. The van der Waals surface area contributed by atoms with Gasteiger partial charge in [0.1, 0.15) is 0 Å². The molecule has 5 heteroatoms. The predicted octanol–water partition coefficient (Wildman–Crippen LogP) is 2.79. The Balaban J connectivity index is 0.00000156. The predicted molar refractivity (Wildman–Crippen MR) is 95.4 cm³/mol. The van der Waals surface area contributed by atoms with Crippen LogP contribution in [0.4, 0.5) is 0 Å². The molecule has 3 heterocycles. The average molecular weight is 333 g/mol. The van der Waals surface area contributed by atoms with Crippen LogP contribution in [0.2, 0.25) is 0 Å². The summed E-state index contributed by atoms with van der Waals surface area (Å²) >= 11 is 0. The normalized spacial score (nSPS) is 24.2. The van der Waals surface area contributed by atoms with Crippen LogP contribution < -0.4 is 5.32 Å². The van der Waals surface area contributed by atoms with E-state index in [0.717, 1.165) is 17.9 Å². The molecule has 4 nitrogen and oxygen atoms in total. The largest absolute Gasteiger partial charge is 0.316 e. The molecule has 2 saturated heterocycles. The Bertz CT molecular complexity index is 646. The zero-order valence-corrected chi connectivity index (χ0v) is 14.5. The van der Waals surface area contributed by atoms with Crippen LogP contribution in [0.1, 0.15) is 24.1 Å². The van der Waals surface area contributed by atoms with Crippen molar-refractivity contribution in [1.29, 1.82) is 0 Å². The molecular weight excluding hydrogens is 308 g/mol. The van der Waals surface area contributed by atoms with E-state index in [1.807, 2.05) is 10.7 Å². The first-order valence-corrected chi connectivity index (χ1v) is 8.28. The maximum atomic E-state index is 4.69. The second-order valence-corrected chi connectivity index (χ2v) is 6.91. The number of aryl methyl sites for hydroxylation is 1. The van der Waals surface area contributed by atoms with E-state index in [1.165, 1.54) is 44.6 Å². The zero-order valence-electron chi connectivity index (χ0n) is 13.7. The van der Waals surface area contributed by atoms with Gasteiger partial charge >= 0.3 is 0 Å². The summed E-state index contributed by atoms with van der Waals surface area (Å²) in [5, 5.41) is 8.22. The fraction of sp³-hybridized carbons (Fsp3) is 0.500. The second-order valence-electron chi connectivity index (χ2n) is 6.91. The molecule has 0 bridgehead atoms. The van der Waals surface area contributed by atoms with Gasteiger partial charge in [-0.2, -0.15) is 5.10 Å². The first-order chi connectivity index (χ1) is 10.7. The highest BCUT2D eigenvalue weighted by Gasteiger charge is 2.40. The Morgan fingerprint density at radius 1 is 1.22 bits per heavy atom. The molecule has 4 rings (SSSR count). The summed E-state index contributed by atoms with van der Waals surface area (Å²) in [7, 11) is 0. The van der Waals surface area contributed by atoms with Crippen LogP contribution in [-0.4, -0.2) is 40.9 Å². The van der Waals surface area contributed by atoms with Crippen LogP contribution in [0.3, 0.4) is 0 Å². The Labute approximate surface area is 144 Å². The first-order valence-electron chi connectivity index (χ1n) is 8.28. The van der Waals surface area contributed by atoms with Gasteiger partial charge in [0.2, 0.25) is 0 Å². The summed E-state index contributed by atoms with van der Waals surface area (Å²) in [6.07, 6.45) is 4.88. The van der Waals surface area contributed by atoms with Crippen LogP contribution in [0.25, 0.3) is 5.69 Å². The number of likely N-dealkylation sites (tertiary alicyclic amines) is 1. The molecule has 23 heavy (non-hydrogen) atoms. The third kappa shape index (κ3) is 3.30. The zero-order chi connectivity index (χ0) is 15.0. The molecule has 1 atom stereocenters. The SMILES string of the molecule is Cc1nn(-c2ccccc2)cc1CN1CCC2(CCNC2)C1.Cl. The second kappa shape index (κ2) is 6.63. The van der Waals surface area contributed by atoms with Crippen molar-refractivity contribution in [3.63, 3.8) is 0 Å².